The van der Waals surface area contributed by atoms with Gasteiger partial charge in [-0.05, 0) is 24.0 Å². The number of hydrogen-bond donors (Lipinski definition) is 1. The van der Waals surface area contributed by atoms with E-state index < -0.39 is 0 Å². The Balaban J connectivity index is 1.46. The van der Waals surface area contributed by atoms with Gasteiger partial charge in [0.15, 0.2) is 0 Å². The van der Waals surface area contributed by atoms with Gasteiger partial charge in [0, 0.05) is 13.0 Å². The number of ether oxygens (including phenoxy) is 2. The average Bonchev–Trinajstić information content (AvgIpc) is 2.60. The average molecular weight is 312 g/mol. The number of hydrogen-bond acceptors (Lipinski definition) is 3. The van der Waals surface area contributed by atoms with Crippen molar-refractivity contribution in [2.75, 3.05) is 6.61 Å². The Morgan fingerprint density at radius 1 is 0.957 bits per heavy atom. The fourth-order valence-corrected chi connectivity index (χ4v) is 3.04. The van der Waals surface area contributed by atoms with Gasteiger partial charge in [0.25, 0.3) is 0 Å². The highest BCUT2D eigenvalue weighted by Crippen LogP contribution is 2.32. The fraction of sp³-hybridized carbons (Fsp3) is 0.400. The van der Waals surface area contributed by atoms with Gasteiger partial charge in [0.05, 0.1) is 24.9 Å². The topological polar surface area (TPSA) is 38.7 Å². The predicted octanol–water partition coefficient (Wildman–Crippen LogP) is 3.87. The first-order valence-corrected chi connectivity index (χ1v) is 8.31. The SMILES string of the molecule is O[C@H]1C[C@H](CCOCc2ccccc2)O[C@H](c2ccccc2)C1. The van der Waals surface area contributed by atoms with Crippen LogP contribution in [0.3, 0.4) is 0 Å². The molecule has 3 rings (SSSR count). The molecule has 1 aliphatic heterocycles. The fourth-order valence-electron chi connectivity index (χ4n) is 3.04. The summed E-state index contributed by atoms with van der Waals surface area (Å²) in [6.45, 7) is 1.27. The molecule has 0 bridgehead atoms. The van der Waals surface area contributed by atoms with Crippen molar-refractivity contribution in [3.8, 4) is 0 Å². The van der Waals surface area contributed by atoms with E-state index in [0.717, 1.165) is 12.0 Å². The third-order valence-electron chi connectivity index (χ3n) is 4.24. The van der Waals surface area contributed by atoms with E-state index in [-0.39, 0.29) is 18.3 Å². The lowest BCUT2D eigenvalue weighted by atomic mass is 9.95. The van der Waals surface area contributed by atoms with E-state index in [9.17, 15) is 5.11 Å². The number of aliphatic hydroxyl groups excluding tert-OH is 1. The van der Waals surface area contributed by atoms with Gasteiger partial charge in [-0.1, -0.05) is 60.7 Å². The molecule has 1 heterocycles. The van der Waals surface area contributed by atoms with Gasteiger partial charge in [-0.3, -0.25) is 0 Å². The van der Waals surface area contributed by atoms with E-state index in [1.807, 2.05) is 36.4 Å². The molecule has 2 aromatic carbocycles. The molecule has 3 heteroatoms. The molecule has 3 nitrogen and oxygen atoms in total. The van der Waals surface area contributed by atoms with Crippen molar-refractivity contribution < 1.29 is 14.6 Å². The second kappa shape index (κ2) is 8.25. The van der Waals surface area contributed by atoms with E-state index in [1.165, 1.54) is 5.56 Å². The summed E-state index contributed by atoms with van der Waals surface area (Å²) >= 11 is 0. The first kappa shape index (κ1) is 16.2. The molecule has 0 aliphatic carbocycles. The van der Waals surface area contributed by atoms with Gasteiger partial charge in [-0.15, -0.1) is 0 Å². The largest absolute Gasteiger partial charge is 0.393 e. The Morgan fingerprint density at radius 2 is 1.65 bits per heavy atom. The maximum atomic E-state index is 10.1. The first-order chi connectivity index (χ1) is 11.3. The zero-order chi connectivity index (χ0) is 15.9. The van der Waals surface area contributed by atoms with E-state index in [4.69, 9.17) is 9.47 Å². The van der Waals surface area contributed by atoms with Crippen LogP contribution in [0.4, 0.5) is 0 Å². The first-order valence-electron chi connectivity index (χ1n) is 8.31. The number of benzene rings is 2. The lowest BCUT2D eigenvalue weighted by Gasteiger charge is -2.33. The van der Waals surface area contributed by atoms with Crippen molar-refractivity contribution >= 4 is 0 Å². The van der Waals surface area contributed by atoms with Crippen molar-refractivity contribution in [2.45, 2.75) is 44.2 Å². The second-order valence-corrected chi connectivity index (χ2v) is 6.11. The van der Waals surface area contributed by atoms with Gasteiger partial charge < -0.3 is 14.6 Å². The zero-order valence-corrected chi connectivity index (χ0v) is 13.3. The summed E-state index contributed by atoms with van der Waals surface area (Å²) in [6, 6.07) is 20.3. The van der Waals surface area contributed by atoms with Gasteiger partial charge in [0.2, 0.25) is 0 Å². The molecule has 3 atom stereocenters. The molecule has 0 amide bonds. The van der Waals surface area contributed by atoms with Crippen LogP contribution in [0.15, 0.2) is 60.7 Å². The number of rotatable bonds is 6. The standard InChI is InChI=1S/C20H24O3/c21-18-13-19(11-12-22-15-16-7-3-1-4-8-16)23-20(14-18)17-9-5-2-6-10-17/h1-10,18-21H,11-15H2/t18-,19-,20-/m0/s1. The minimum Gasteiger partial charge on any atom is -0.393 e. The number of aliphatic hydroxyl groups is 1. The van der Waals surface area contributed by atoms with Gasteiger partial charge in [-0.25, -0.2) is 0 Å². The van der Waals surface area contributed by atoms with E-state index in [0.29, 0.717) is 26.1 Å². The Morgan fingerprint density at radius 3 is 2.39 bits per heavy atom. The van der Waals surface area contributed by atoms with Crippen LogP contribution in [-0.4, -0.2) is 23.9 Å². The minimum absolute atomic E-state index is 0.0147. The van der Waals surface area contributed by atoms with Crippen molar-refractivity contribution in [3.05, 3.63) is 71.8 Å². The highest BCUT2D eigenvalue weighted by Gasteiger charge is 2.28. The molecule has 122 valence electrons. The summed E-state index contributed by atoms with van der Waals surface area (Å²) in [5, 5.41) is 10.1. The molecule has 0 unspecified atom stereocenters. The van der Waals surface area contributed by atoms with E-state index in [2.05, 4.69) is 24.3 Å². The Labute approximate surface area is 137 Å². The van der Waals surface area contributed by atoms with Crippen LogP contribution in [0, 0.1) is 0 Å². The molecule has 1 N–H and O–H groups in total. The third kappa shape index (κ3) is 4.90. The van der Waals surface area contributed by atoms with Crippen LogP contribution in [0.5, 0.6) is 0 Å². The lowest BCUT2D eigenvalue weighted by Crippen LogP contribution is -2.32. The predicted molar refractivity (Wildman–Crippen MR) is 90.0 cm³/mol. The van der Waals surface area contributed by atoms with Crippen LogP contribution < -0.4 is 0 Å². The van der Waals surface area contributed by atoms with Crippen molar-refractivity contribution in [1.29, 1.82) is 0 Å². The Bertz CT molecular complexity index is 570. The van der Waals surface area contributed by atoms with Crippen molar-refractivity contribution in [3.63, 3.8) is 0 Å². The summed E-state index contributed by atoms with van der Waals surface area (Å²) in [4.78, 5) is 0. The third-order valence-corrected chi connectivity index (χ3v) is 4.24. The molecule has 0 radical (unpaired) electrons. The Hall–Kier alpha value is -1.68. The van der Waals surface area contributed by atoms with Crippen LogP contribution in [0.2, 0.25) is 0 Å². The molecule has 2 aromatic rings. The summed E-state index contributed by atoms with van der Waals surface area (Å²) in [7, 11) is 0. The van der Waals surface area contributed by atoms with Gasteiger partial charge >= 0.3 is 0 Å². The molecule has 23 heavy (non-hydrogen) atoms. The molecular weight excluding hydrogens is 288 g/mol. The smallest absolute Gasteiger partial charge is 0.0853 e. The van der Waals surface area contributed by atoms with Crippen LogP contribution in [0.1, 0.15) is 36.5 Å². The van der Waals surface area contributed by atoms with Crippen LogP contribution in [0.25, 0.3) is 0 Å². The van der Waals surface area contributed by atoms with Crippen LogP contribution >= 0.6 is 0 Å². The maximum Gasteiger partial charge on any atom is 0.0853 e. The maximum absolute atomic E-state index is 10.1. The molecule has 0 spiro atoms. The minimum atomic E-state index is -0.298. The van der Waals surface area contributed by atoms with Crippen molar-refractivity contribution in [2.24, 2.45) is 0 Å². The second-order valence-electron chi connectivity index (χ2n) is 6.11. The van der Waals surface area contributed by atoms with Gasteiger partial charge in [0.1, 0.15) is 0 Å². The highest BCUT2D eigenvalue weighted by atomic mass is 16.5. The molecule has 1 aliphatic rings. The molecule has 1 fully saturated rings. The molecule has 0 aromatic heterocycles. The summed E-state index contributed by atoms with van der Waals surface area (Å²) in [5.41, 5.74) is 2.32. The molecule has 1 saturated heterocycles. The van der Waals surface area contributed by atoms with Crippen LogP contribution in [-0.2, 0) is 16.1 Å². The molecular formula is C20H24O3. The van der Waals surface area contributed by atoms with E-state index in [1.54, 1.807) is 0 Å². The quantitative estimate of drug-likeness (QED) is 0.823. The van der Waals surface area contributed by atoms with Gasteiger partial charge in [-0.2, -0.15) is 0 Å². The normalized spacial score (nSPS) is 24.5. The monoisotopic (exact) mass is 312 g/mol. The van der Waals surface area contributed by atoms with Crippen molar-refractivity contribution in [1.82, 2.24) is 0 Å². The summed E-state index contributed by atoms with van der Waals surface area (Å²) in [6.07, 6.45) is 1.92. The highest BCUT2D eigenvalue weighted by molar-refractivity contribution is 5.18. The summed E-state index contributed by atoms with van der Waals surface area (Å²) in [5.74, 6) is 0. The molecule has 0 saturated carbocycles. The van der Waals surface area contributed by atoms with E-state index >= 15 is 0 Å². The Kier molecular flexibility index (Phi) is 5.81. The lowest BCUT2D eigenvalue weighted by molar-refractivity contribution is -0.107. The summed E-state index contributed by atoms with van der Waals surface area (Å²) < 4.78 is 11.9. The zero-order valence-electron chi connectivity index (χ0n) is 13.3.